The lowest BCUT2D eigenvalue weighted by molar-refractivity contribution is -0.143. The first-order valence-electron chi connectivity index (χ1n) is 8.49. The standard InChI is InChI=1S/C17H28N2O5/c1-12(2)24-16(21)10-9-15(20)23-11-13(3)18-17(22)19-14-7-5-4-6-8-14/h9-10,12-14H,4-8,11H2,1-3H3,(H2,18,19,22)/b10-9+/t13-/m1/s1. The van der Waals surface area contributed by atoms with E-state index < -0.39 is 11.9 Å². The smallest absolute Gasteiger partial charge is 0.331 e. The molecule has 7 heteroatoms. The Labute approximate surface area is 143 Å². The molecule has 0 aromatic heterocycles. The fraction of sp³-hybridized carbons (Fsp3) is 0.706. The Morgan fingerprint density at radius 3 is 2.29 bits per heavy atom. The first kappa shape index (κ1) is 20.0. The van der Waals surface area contributed by atoms with Crippen molar-refractivity contribution in [1.29, 1.82) is 0 Å². The molecule has 0 saturated heterocycles. The molecule has 2 N–H and O–H groups in total. The number of hydrogen-bond acceptors (Lipinski definition) is 5. The highest BCUT2D eigenvalue weighted by molar-refractivity contribution is 5.91. The molecule has 0 aromatic carbocycles. The summed E-state index contributed by atoms with van der Waals surface area (Å²) >= 11 is 0. The molecule has 0 aliphatic heterocycles. The Morgan fingerprint density at radius 1 is 1.04 bits per heavy atom. The van der Waals surface area contributed by atoms with Gasteiger partial charge in [0, 0.05) is 18.2 Å². The van der Waals surface area contributed by atoms with Gasteiger partial charge in [-0.3, -0.25) is 0 Å². The number of esters is 2. The zero-order chi connectivity index (χ0) is 17.9. The second kappa shape index (κ2) is 10.7. The van der Waals surface area contributed by atoms with Gasteiger partial charge in [0.1, 0.15) is 6.61 Å². The summed E-state index contributed by atoms with van der Waals surface area (Å²) in [5.74, 6) is -1.25. The fourth-order valence-corrected chi connectivity index (χ4v) is 2.40. The summed E-state index contributed by atoms with van der Waals surface area (Å²) in [5.41, 5.74) is 0. The summed E-state index contributed by atoms with van der Waals surface area (Å²) < 4.78 is 9.83. The molecule has 2 amide bonds. The van der Waals surface area contributed by atoms with E-state index in [0.717, 1.165) is 37.8 Å². The summed E-state index contributed by atoms with van der Waals surface area (Å²) in [7, 11) is 0. The normalized spacial score (nSPS) is 16.7. The predicted octanol–water partition coefficient (Wildman–Crippen LogP) is 2.06. The molecule has 1 saturated carbocycles. The molecule has 0 bridgehead atoms. The largest absolute Gasteiger partial charge is 0.460 e. The SMILES string of the molecule is CC(C)OC(=O)/C=C/C(=O)OC[C@@H](C)NC(=O)NC1CCCCC1. The molecule has 1 aliphatic rings. The van der Waals surface area contributed by atoms with Gasteiger partial charge in [-0.1, -0.05) is 19.3 Å². The maximum absolute atomic E-state index is 11.8. The van der Waals surface area contributed by atoms with E-state index in [0.29, 0.717) is 0 Å². The van der Waals surface area contributed by atoms with Crippen LogP contribution in [0.5, 0.6) is 0 Å². The molecule has 0 radical (unpaired) electrons. The number of amides is 2. The van der Waals surface area contributed by atoms with Crippen molar-refractivity contribution in [3.05, 3.63) is 12.2 Å². The van der Waals surface area contributed by atoms with E-state index in [9.17, 15) is 14.4 Å². The van der Waals surface area contributed by atoms with Crippen molar-refractivity contribution < 1.29 is 23.9 Å². The van der Waals surface area contributed by atoms with E-state index in [-0.39, 0.29) is 30.8 Å². The molecule has 7 nitrogen and oxygen atoms in total. The van der Waals surface area contributed by atoms with Crippen LogP contribution in [0.3, 0.4) is 0 Å². The molecule has 0 spiro atoms. The van der Waals surface area contributed by atoms with Crippen LogP contribution in [-0.4, -0.2) is 42.8 Å². The van der Waals surface area contributed by atoms with Crippen LogP contribution in [0.2, 0.25) is 0 Å². The van der Waals surface area contributed by atoms with Gasteiger partial charge in [0.25, 0.3) is 0 Å². The van der Waals surface area contributed by atoms with Crippen LogP contribution in [0.4, 0.5) is 4.79 Å². The molecule has 136 valence electrons. The van der Waals surface area contributed by atoms with E-state index in [4.69, 9.17) is 9.47 Å². The van der Waals surface area contributed by atoms with Crippen molar-refractivity contribution in [1.82, 2.24) is 10.6 Å². The average Bonchev–Trinajstić information content (AvgIpc) is 2.51. The Balaban J connectivity index is 2.20. The van der Waals surface area contributed by atoms with Crippen molar-refractivity contribution in [2.45, 2.75) is 71.1 Å². The Morgan fingerprint density at radius 2 is 1.67 bits per heavy atom. The number of rotatable bonds is 7. The van der Waals surface area contributed by atoms with Crippen LogP contribution in [0.15, 0.2) is 12.2 Å². The van der Waals surface area contributed by atoms with Gasteiger partial charge < -0.3 is 20.1 Å². The number of nitrogens with one attached hydrogen (secondary N) is 2. The zero-order valence-corrected chi connectivity index (χ0v) is 14.7. The summed E-state index contributed by atoms with van der Waals surface area (Å²) in [6, 6.07) is -0.349. The quantitative estimate of drug-likeness (QED) is 0.546. The van der Waals surface area contributed by atoms with Crippen molar-refractivity contribution >= 4 is 18.0 Å². The van der Waals surface area contributed by atoms with Crippen LogP contribution < -0.4 is 10.6 Å². The summed E-state index contributed by atoms with van der Waals surface area (Å²) in [6.45, 7) is 5.20. The lowest BCUT2D eigenvalue weighted by Crippen LogP contribution is -2.47. The lowest BCUT2D eigenvalue weighted by Gasteiger charge is -2.24. The van der Waals surface area contributed by atoms with E-state index in [2.05, 4.69) is 10.6 Å². The number of carbonyl (C=O) groups is 3. The topological polar surface area (TPSA) is 93.7 Å². The fourth-order valence-electron chi connectivity index (χ4n) is 2.40. The third kappa shape index (κ3) is 9.17. The van der Waals surface area contributed by atoms with Gasteiger partial charge in [0.2, 0.25) is 0 Å². The van der Waals surface area contributed by atoms with E-state index in [1.54, 1.807) is 20.8 Å². The van der Waals surface area contributed by atoms with E-state index >= 15 is 0 Å². The van der Waals surface area contributed by atoms with Crippen molar-refractivity contribution in [3.63, 3.8) is 0 Å². The van der Waals surface area contributed by atoms with E-state index in [1.807, 2.05) is 0 Å². The van der Waals surface area contributed by atoms with Crippen LogP contribution in [-0.2, 0) is 19.1 Å². The number of ether oxygens (including phenoxy) is 2. The summed E-state index contributed by atoms with van der Waals surface area (Å²) in [4.78, 5) is 34.6. The number of hydrogen-bond donors (Lipinski definition) is 2. The van der Waals surface area contributed by atoms with Gasteiger partial charge in [0.15, 0.2) is 0 Å². The minimum atomic E-state index is -0.656. The lowest BCUT2D eigenvalue weighted by atomic mass is 9.96. The van der Waals surface area contributed by atoms with Crippen LogP contribution in [0, 0.1) is 0 Å². The Hall–Kier alpha value is -2.05. The first-order chi connectivity index (χ1) is 11.4. The van der Waals surface area contributed by atoms with Crippen LogP contribution in [0.1, 0.15) is 52.9 Å². The van der Waals surface area contributed by atoms with Gasteiger partial charge in [-0.15, -0.1) is 0 Å². The highest BCUT2D eigenvalue weighted by Gasteiger charge is 2.17. The Bertz CT molecular complexity index is 456. The summed E-state index contributed by atoms with van der Waals surface area (Å²) in [6.07, 6.45) is 7.32. The predicted molar refractivity (Wildman–Crippen MR) is 89.3 cm³/mol. The second-order valence-corrected chi connectivity index (χ2v) is 6.30. The molecule has 0 unspecified atom stereocenters. The van der Waals surface area contributed by atoms with Gasteiger partial charge in [-0.05, 0) is 33.6 Å². The van der Waals surface area contributed by atoms with Crippen LogP contribution >= 0.6 is 0 Å². The molecule has 1 fully saturated rings. The minimum Gasteiger partial charge on any atom is -0.460 e. The van der Waals surface area contributed by atoms with Crippen molar-refractivity contribution in [3.8, 4) is 0 Å². The minimum absolute atomic E-state index is 0.0283. The third-order valence-corrected chi connectivity index (χ3v) is 3.50. The maximum atomic E-state index is 11.8. The number of urea groups is 1. The molecular weight excluding hydrogens is 312 g/mol. The van der Waals surface area contributed by atoms with Gasteiger partial charge in [0.05, 0.1) is 12.1 Å². The highest BCUT2D eigenvalue weighted by Crippen LogP contribution is 2.17. The van der Waals surface area contributed by atoms with Crippen molar-refractivity contribution in [2.24, 2.45) is 0 Å². The van der Waals surface area contributed by atoms with Gasteiger partial charge in [-0.25, -0.2) is 14.4 Å². The Kier molecular flexibility index (Phi) is 8.89. The second-order valence-electron chi connectivity index (χ2n) is 6.30. The summed E-state index contributed by atoms with van der Waals surface area (Å²) in [5, 5.41) is 5.66. The van der Waals surface area contributed by atoms with Crippen LogP contribution in [0.25, 0.3) is 0 Å². The van der Waals surface area contributed by atoms with Gasteiger partial charge in [-0.2, -0.15) is 0 Å². The van der Waals surface area contributed by atoms with Crippen molar-refractivity contribution in [2.75, 3.05) is 6.61 Å². The molecule has 1 aliphatic carbocycles. The molecule has 1 rings (SSSR count). The zero-order valence-electron chi connectivity index (χ0n) is 14.7. The van der Waals surface area contributed by atoms with E-state index in [1.165, 1.54) is 6.42 Å². The first-order valence-corrected chi connectivity index (χ1v) is 8.49. The van der Waals surface area contributed by atoms with Gasteiger partial charge >= 0.3 is 18.0 Å². The maximum Gasteiger partial charge on any atom is 0.331 e. The molecule has 1 atom stereocenters. The third-order valence-electron chi connectivity index (χ3n) is 3.50. The molecule has 24 heavy (non-hydrogen) atoms. The molecule has 0 aromatic rings. The molecular formula is C17H28N2O5. The number of carbonyl (C=O) groups excluding carboxylic acids is 3. The average molecular weight is 340 g/mol. The molecule has 0 heterocycles. The monoisotopic (exact) mass is 340 g/mol. The highest BCUT2D eigenvalue weighted by atomic mass is 16.5.